The van der Waals surface area contributed by atoms with Crippen molar-refractivity contribution in [3.63, 3.8) is 0 Å². The van der Waals surface area contributed by atoms with E-state index in [9.17, 15) is 15.0 Å². The molecule has 2 aromatic rings. The Morgan fingerprint density at radius 2 is 1.86 bits per heavy atom. The molecule has 2 unspecified atom stereocenters. The number of aliphatic hydroxyl groups excluding tert-OH is 2. The van der Waals surface area contributed by atoms with Crippen molar-refractivity contribution in [1.29, 1.82) is 0 Å². The predicted octanol–water partition coefficient (Wildman–Crippen LogP) is 2.96. The summed E-state index contributed by atoms with van der Waals surface area (Å²) in [6.07, 6.45) is 0.0814. The van der Waals surface area contributed by atoms with Gasteiger partial charge in [-0.25, -0.2) is 0 Å². The van der Waals surface area contributed by atoms with E-state index in [1.807, 2.05) is 37.3 Å². The lowest BCUT2D eigenvalue weighted by molar-refractivity contribution is -0.139. The van der Waals surface area contributed by atoms with E-state index in [1.165, 1.54) is 0 Å². The number of hydrogen-bond donors (Lipinski definition) is 2. The zero-order valence-corrected chi connectivity index (χ0v) is 16.9. The second-order valence-corrected chi connectivity index (χ2v) is 7.15. The van der Waals surface area contributed by atoms with E-state index in [1.54, 1.807) is 13.2 Å². The van der Waals surface area contributed by atoms with Crippen molar-refractivity contribution >= 4 is 5.78 Å². The summed E-state index contributed by atoms with van der Waals surface area (Å²) in [7, 11) is 1.60. The lowest BCUT2D eigenvalue weighted by atomic mass is 9.91. The van der Waals surface area contributed by atoms with Crippen molar-refractivity contribution in [1.82, 2.24) is 0 Å². The molecule has 0 amide bonds. The Kier molecular flexibility index (Phi) is 7.25. The third-order valence-electron chi connectivity index (χ3n) is 5.12. The maximum atomic E-state index is 12.1. The Labute approximate surface area is 171 Å². The van der Waals surface area contributed by atoms with Gasteiger partial charge in [0, 0.05) is 19.3 Å². The van der Waals surface area contributed by atoms with E-state index in [2.05, 4.69) is 0 Å². The van der Waals surface area contributed by atoms with Crippen molar-refractivity contribution in [2.45, 2.75) is 45.0 Å². The van der Waals surface area contributed by atoms with Gasteiger partial charge in [0.25, 0.3) is 0 Å². The third kappa shape index (κ3) is 5.15. The van der Waals surface area contributed by atoms with Crippen LogP contribution >= 0.6 is 0 Å². The summed E-state index contributed by atoms with van der Waals surface area (Å²) in [6.45, 7) is 2.18. The minimum Gasteiger partial charge on any atom is -0.496 e. The van der Waals surface area contributed by atoms with Gasteiger partial charge < -0.3 is 24.4 Å². The highest BCUT2D eigenvalue weighted by Crippen LogP contribution is 2.36. The molecule has 156 valence electrons. The minimum atomic E-state index is -0.510. The average Bonchev–Trinajstić information content (AvgIpc) is 2.74. The van der Waals surface area contributed by atoms with Crippen LogP contribution in [0.2, 0.25) is 0 Å². The van der Waals surface area contributed by atoms with Gasteiger partial charge in [-0.15, -0.1) is 0 Å². The number of aliphatic hydroxyl groups is 2. The highest BCUT2D eigenvalue weighted by atomic mass is 16.5. The second kappa shape index (κ2) is 9.87. The second-order valence-electron chi connectivity index (χ2n) is 7.15. The third-order valence-corrected chi connectivity index (χ3v) is 5.12. The monoisotopic (exact) mass is 400 g/mol. The number of Topliss-reactive ketones (excluding diaryl/α,β-unsaturated/α-hetero) is 1. The van der Waals surface area contributed by atoms with Gasteiger partial charge in [0.2, 0.25) is 0 Å². The van der Waals surface area contributed by atoms with E-state index in [0.717, 1.165) is 22.4 Å². The van der Waals surface area contributed by atoms with E-state index < -0.39 is 12.2 Å². The fourth-order valence-electron chi connectivity index (χ4n) is 3.70. The predicted molar refractivity (Wildman–Crippen MR) is 108 cm³/mol. The molecule has 0 aliphatic carbocycles. The maximum absolute atomic E-state index is 12.1. The molecule has 2 N–H and O–H groups in total. The molecule has 6 heteroatoms. The van der Waals surface area contributed by atoms with Crippen LogP contribution in [0, 0.1) is 0 Å². The summed E-state index contributed by atoms with van der Waals surface area (Å²) in [4.78, 5) is 12.1. The summed E-state index contributed by atoms with van der Waals surface area (Å²) in [5, 5.41) is 19.3. The first-order valence-corrected chi connectivity index (χ1v) is 9.88. The van der Waals surface area contributed by atoms with Crippen LogP contribution < -0.4 is 9.47 Å². The number of ether oxygens (including phenoxy) is 3. The number of carbonyl (C=O) groups is 1. The molecule has 2 atom stereocenters. The molecule has 29 heavy (non-hydrogen) atoms. The fraction of sp³-hybridized carbons (Fsp3) is 0.435. The largest absolute Gasteiger partial charge is 0.496 e. The number of rotatable bonds is 8. The molecule has 0 bridgehead atoms. The summed E-state index contributed by atoms with van der Waals surface area (Å²) >= 11 is 0. The highest BCUT2D eigenvalue weighted by molar-refractivity contribution is 5.80. The van der Waals surface area contributed by atoms with Crippen molar-refractivity contribution < 1.29 is 29.2 Å². The molecule has 0 saturated carbocycles. The Bertz CT molecular complexity index is 830. The Morgan fingerprint density at radius 1 is 1.10 bits per heavy atom. The van der Waals surface area contributed by atoms with Gasteiger partial charge in [0.05, 0.1) is 39.1 Å². The van der Waals surface area contributed by atoms with E-state index >= 15 is 0 Å². The van der Waals surface area contributed by atoms with Crippen LogP contribution in [0.5, 0.6) is 11.5 Å². The number of carbonyl (C=O) groups excluding carboxylic acids is 1. The summed E-state index contributed by atoms with van der Waals surface area (Å²) < 4.78 is 17.0. The van der Waals surface area contributed by atoms with Crippen LogP contribution in [-0.2, 0) is 22.6 Å². The molecule has 0 radical (unpaired) electrons. The normalized spacial score (nSPS) is 19.2. The topological polar surface area (TPSA) is 85.2 Å². The molecular weight excluding hydrogens is 372 g/mol. The van der Waals surface area contributed by atoms with Crippen LogP contribution in [0.25, 0.3) is 0 Å². The van der Waals surface area contributed by atoms with Crippen LogP contribution in [0.15, 0.2) is 36.4 Å². The first kappa shape index (κ1) is 21.3. The van der Waals surface area contributed by atoms with Crippen molar-refractivity contribution in [3.05, 3.63) is 58.7 Å². The molecule has 0 aromatic heterocycles. The summed E-state index contributed by atoms with van der Waals surface area (Å²) in [6, 6.07) is 11.6. The van der Waals surface area contributed by atoms with E-state index in [0.29, 0.717) is 24.3 Å². The number of ketones is 1. The Morgan fingerprint density at radius 3 is 2.48 bits per heavy atom. The van der Waals surface area contributed by atoms with Crippen molar-refractivity contribution in [2.24, 2.45) is 0 Å². The maximum Gasteiger partial charge on any atom is 0.138 e. The molecule has 3 rings (SSSR count). The molecule has 1 saturated heterocycles. The lowest BCUT2D eigenvalue weighted by Gasteiger charge is -2.30. The van der Waals surface area contributed by atoms with E-state index in [4.69, 9.17) is 14.2 Å². The molecule has 1 heterocycles. The lowest BCUT2D eigenvalue weighted by Crippen LogP contribution is -2.31. The molecule has 0 spiro atoms. The highest BCUT2D eigenvalue weighted by Gasteiger charge is 2.30. The molecule has 6 nitrogen and oxygen atoms in total. The van der Waals surface area contributed by atoms with Crippen LogP contribution in [0.3, 0.4) is 0 Å². The Balaban J connectivity index is 1.92. The first-order valence-electron chi connectivity index (χ1n) is 9.88. The standard InChI is InChI=1S/C23H28O6/c1-3-28-19-6-4-15(5-7-19)8-16-9-21(17(13-24)10-22(16)27-2)23-12-18(26)11-20(14-25)29-23/h4-7,9-10,20,23-25H,3,8,11-14H2,1-2H3. The minimum absolute atomic E-state index is 0.0491. The molecule has 1 aliphatic heterocycles. The summed E-state index contributed by atoms with van der Waals surface area (Å²) in [5.41, 5.74) is 3.45. The zero-order valence-electron chi connectivity index (χ0n) is 16.9. The van der Waals surface area contributed by atoms with Gasteiger partial charge in [-0.2, -0.15) is 0 Å². The fourth-order valence-corrected chi connectivity index (χ4v) is 3.70. The van der Waals surface area contributed by atoms with Crippen LogP contribution in [0.4, 0.5) is 0 Å². The molecule has 2 aromatic carbocycles. The van der Waals surface area contributed by atoms with Gasteiger partial charge in [-0.05, 0) is 53.4 Å². The number of methoxy groups -OCH3 is 1. The van der Waals surface area contributed by atoms with Crippen LogP contribution in [0.1, 0.15) is 48.1 Å². The van der Waals surface area contributed by atoms with Crippen molar-refractivity contribution in [2.75, 3.05) is 20.3 Å². The number of benzene rings is 2. The zero-order chi connectivity index (χ0) is 20.8. The van der Waals surface area contributed by atoms with Gasteiger partial charge in [0.15, 0.2) is 0 Å². The van der Waals surface area contributed by atoms with E-state index in [-0.39, 0.29) is 31.8 Å². The Hall–Kier alpha value is -2.41. The smallest absolute Gasteiger partial charge is 0.138 e. The van der Waals surface area contributed by atoms with Crippen LogP contribution in [-0.4, -0.2) is 42.4 Å². The van der Waals surface area contributed by atoms with Gasteiger partial charge in [0.1, 0.15) is 17.3 Å². The van der Waals surface area contributed by atoms with Gasteiger partial charge >= 0.3 is 0 Å². The van der Waals surface area contributed by atoms with Gasteiger partial charge in [-0.3, -0.25) is 4.79 Å². The van der Waals surface area contributed by atoms with Gasteiger partial charge in [-0.1, -0.05) is 12.1 Å². The van der Waals surface area contributed by atoms with Crippen molar-refractivity contribution in [3.8, 4) is 11.5 Å². The molecular formula is C23H28O6. The SMILES string of the molecule is CCOc1ccc(Cc2cc(C3CC(=O)CC(CO)O3)c(CO)cc2OC)cc1. The first-order chi connectivity index (χ1) is 14.1. The number of hydrogen-bond acceptors (Lipinski definition) is 6. The molecule has 1 fully saturated rings. The molecule has 1 aliphatic rings. The average molecular weight is 400 g/mol. The quantitative estimate of drug-likeness (QED) is 0.709. The summed E-state index contributed by atoms with van der Waals surface area (Å²) in [5.74, 6) is 1.55.